The van der Waals surface area contributed by atoms with Crippen LogP contribution in [0.2, 0.25) is 5.02 Å². The largest absolute Gasteiger partial charge is 0.495 e. The summed E-state index contributed by atoms with van der Waals surface area (Å²) in [7, 11) is 1.55. The molecule has 148 valence electrons. The molecule has 0 radical (unpaired) electrons. The van der Waals surface area contributed by atoms with E-state index in [1.807, 2.05) is 24.3 Å². The predicted molar refractivity (Wildman–Crippen MR) is 112 cm³/mol. The van der Waals surface area contributed by atoms with Gasteiger partial charge in [0.15, 0.2) is 0 Å². The van der Waals surface area contributed by atoms with E-state index in [2.05, 4.69) is 10.6 Å². The Labute approximate surface area is 170 Å². The van der Waals surface area contributed by atoms with E-state index < -0.39 is 5.41 Å². The summed E-state index contributed by atoms with van der Waals surface area (Å²) in [6.45, 7) is 1.44. The Bertz CT molecular complexity index is 876. The Morgan fingerprint density at radius 1 is 1.04 bits per heavy atom. The molecule has 0 saturated heterocycles. The molecule has 1 fully saturated rings. The summed E-state index contributed by atoms with van der Waals surface area (Å²) >= 11 is 6.22. The molecule has 0 atom stereocenters. The SMILES string of the molecule is COc1ccc(NC(C)=O)cc1NC(=O)C1(c2cccc(Cl)c2)CCCCC1. The highest BCUT2D eigenvalue weighted by molar-refractivity contribution is 6.30. The lowest BCUT2D eigenvalue weighted by molar-refractivity contribution is -0.122. The van der Waals surface area contributed by atoms with Crippen LogP contribution in [0.25, 0.3) is 0 Å². The Hall–Kier alpha value is -2.53. The van der Waals surface area contributed by atoms with E-state index in [1.54, 1.807) is 25.3 Å². The number of halogens is 1. The minimum Gasteiger partial charge on any atom is -0.495 e. The number of amides is 2. The first kappa shape index (κ1) is 20.2. The van der Waals surface area contributed by atoms with Crippen LogP contribution in [0.5, 0.6) is 5.75 Å². The molecule has 2 amide bonds. The van der Waals surface area contributed by atoms with Crippen molar-refractivity contribution in [2.75, 3.05) is 17.7 Å². The fourth-order valence-corrected chi connectivity index (χ4v) is 4.11. The number of nitrogens with one attached hydrogen (secondary N) is 2. The molecule has 0 aliphatic heterocycles. The van der Waals surface area contributed by atoms with Crippen LogP contribution >= 0.6 is 11.6 Å². The second-order valence-electron chi connectivity index (χ2n) is 7.20. The van der Waals surface area contributed by atoms with E-state index in [9.17, 15) is 9.59 Å². The highest BCUT2D eigenvalue weighted by atomic mass is 35.5. The van der Waals surface area contributed by atoms with Crippen LogP contribution in [0, 0.1) is 0 Å². The van der Waals surface area contributed by atoms with Gasteiger partial charge in [-0.15, -0.1) is 0 Å². The highest BCUT2D eigenvalue weighted by Gasteiger charge is 2.41. The average molecular weight is 401 g/mol. The van der Waals surface area contributed by atoms with Crippen LogP contribution in [-0.2, 0) is 15.0 Å². The lowest BCUT2D eigenvalue weighted by Crippen LogP contribution is -2.42. The molecule has 3 rings (SSSR count). The quantitative estimate of drug-likeness (QED) is 0.729. The number of benzene rings is 2. The van der Waals surface area contributed by atoms with Crippen LogP contribution in [0.15, 0.2) is 42.5 Å². The van der Waals surface area contributed by atoms with Gasteiger partial charge < -0.3 is 15.4 Å². The van der Waals surface area contributed by atoms with Crippen molar-refractivity contribution in [2.45, 2.75) is 44.4 Å². The van der Waals surface area contributed by atoms with Crippen molar-refractivity contribution in [3.8, 4) is 5.75 Å². The van der Waals surface area contributed by atoms with Crippen LogP contribution < -0.4 is 15.4 Å². The monoisotopic (exact) mass is 400 g/mol. The van der Waals surface area contributed by atoms with Crippen molar-refractivity contribution in [1.82, 2.24) is 0 Å². The molecule has 0 bridgehead atoms. The third-order valence-electron chi connectivity index (χ3n) is 5.29. The van der Waals surface area contributed by atoms with Gasteiger partial charge in [0, 0.05) is 17.6 Å². The zero-order valence-corrected chi connectivity index (χ0v) is 16.9. The maximum atomic E-state index is 13.5. The van der Waals surface area contributed by atoms with Crippen molar-refractivity contribution < 1.29 is 14.3 Å². The van der Waals surface area contributed by atoms with Gasteiger partial charge in [-0.05, 0) is 48.7 Å². The van der Waals surface area contributed by atoms with Gasteiger partial charge in [-0.2, -0.15) is 0 Å². The standard InChI is InChI=1S/C22H25ClN2O3/c1-15(26)24-18-9-10-20(28-2)19(14-18)25-21(27)22(11-4-3-5-12-22)16-7-6-8-17(23)13-16/h6-10,13-14H,3-5,11-12H2,1-2H3,(H,24,26)(H,25,27). The zero-order valence-electron chi connectivity index (χ0n) is 16.2. The third-order valence-corrected chi connectivity index (χ3v) is 5.52. The van der Waals surface area contributed by atoms with E-state index >= 15 is 0 Å². The molecular formula is C22H25ClN2O3. The Kier molecular flexibility index (Phi) is 6.25. The maximum absolute atomic E-state index is 13.5. The van der Waals surface area contributed by atoms with Gasteiger partial charge in [0.2, 0.25) is 11.8 Å². The normalized spacial score (nSPS) is 15.5. The summed E-state index contributed by atoms with van der Waals surface area (Å²) in [4.78, 5) is 24.9. The molecule has 1 saturated carbocycles. The summed E-state index contributed by atoms with van der Waals surface area (Å²) in [5.74, 6) is 0.289. The summed E-state index contributed by atoms with van der Waals surface area (Å²) in [5.41, 5.74) is 1.45. The van der Waals surface area contributed by atoms with Gasteiger partial charge in [0.1, 0.15) is 5.75 Å². The smallest absolute Gasteiger partial charge is 0.235 e. The molecule has 1 aliphatic carbocycles. The van der Waals surface area contributed by atoms with E-state index in [1.165, 1.54) is 6.92 Å². The third kappa shape index (κ3) is 4.30. The van der Waals surface area contributed by atoms with Gasteiger partial charge in [-0.25, -0.2) is 0 Å². The fourth-order valence-electron chi connectivity index (χ4n) is 3.92. The molecule has 6 heteroatoms. The number of rotatable bonds is 5. The van der Waals surface area contributed by atoms with Crippen molar-refractivity contribution in [2.24, 2.45) is 0 Å². The molecule has 2 aromatic carbocycles. The van der Waals surface area contributed by atoms with Gasteiger partial charge in [0.25, 0.3) is 0 Å². The van der Waals surface area contributed by atoms with E-state index in [-0.39, 0.29) is 11.8 Å². The average Bonchev–Trinajstić information content (AvgIpc) is 2.68. The van der Waals surface area contributed by atoms with E-state index in [0.29, 0.717) is 22.1 Å². The van der Waals surface area contributed by atoms with Crippen molar-refractivity contribution in [3.05, 3.63) is 53.1 Å². The lowest BCUT2D eigenvalue weighted by atomic mass is 9.68. The molecule has 0 heterocycles. The second-order valence-corrected chi connectivity index (χ2v) is 7.64. The van der Waals surface area contributed by atoms with Crippen LogP contribution in [0.3, 0.4) is 0 Å². The van der Waals surface area contributed by atoms with Gasteiger partial charge in [0.05, 0.1) is 18.2 Å². The fraction of sp³-hybridized carbons (Fsp3) is 0.364. The van der Waals surface area contributed by atoms with E-state index in [0.717, 1.165) is 37.7 Å². The highest BCUT2D eigenvalue weighted by Crippen LogP contribution is 2.42. The minimum atomic E-state index is -0.627. The van der Waals surface area contributed by atoms with Gasteiger partial charge in [-0.1, -0.05) is 43.0 Å². The minimum absolute atomic E-state index is 0.0762. The summed E-state index contributed by atoms with van der Waals surface area (Å²) in [6.07, 6.45) is 4.64. The number of methoxy groups -OCH3 is 1. The number of carbonyl (C=O) groups is 2. The number of anilines is 2. The molecule has 2 aromatic rings. The van der Waals surface area contributed by atoms with Crippen LogP contribution in [0.4, 0.5) is 11.4 Å². The number of hydrogen-bond acceptors (Lipinski definition) is 3. The van der Waals surface area contributed by atoms with Crippen molar-refractivity contribution in [3.63, 3.8) is 0 Å². The molecule has 0 unspecified atom stereocenters. The molecule has 28 heavy (non-hydrogen) atoms. The number of carbonyl (C=O) groups excluding carboxylic acids is 2. The van der Waals surface area contributed by atoms with Crippen molar-refractivity contribution in [1.29, 1.82) is 0 Å². The molecule has 0 spiro atoms. The molecule has 5 nitrogen and oxygen atoms in total. The second kappa shape index (κ2) is 8.65. The van der Waals surface area contributed by atoms with Crippen molar-refractivity contribution >= 4 is 34.8 Å². The topological polar surface area (TPSA) is 67.4 Å². The van der Waals surface area contributed by atoms with Crippen LogP contribution in [0.1, 0.15) is 44.6 Å². The molecule has 1 aliphatic rings. The Morgan fingerprint density at radius 3 is 2.43 bits per heavy atom. The molecule has 2 N–H and O–H groups in total. The van der Waals surface area contributed by atoms with Gasteiger partial charge >= 0.3 is 0 Å². The Morgan fingerprint density at radius 2 is 1.79 bits per heavy atom. The maximum Gasteiger partial charge on any atom is 0.235 e. The summed E-state index contributed by atoms with van der Waals surface area (Å²) < 4.78 is 5.40. The molecule has 0 aromatic heterocycles. The number of hydrogen-bond donors (Lipinski definition) is 2. The molecular weight excluding hydrogens is 376 g/mol. The van der Waals surface area contributed by atoms with Gasteiger partial charge in [-0.3, -0.25) is 9.59 Å². The summed E-state index contributed by atoms with van der Waals surface area (Å²) in [6, 6.07) is 12.8. The first-order chi connectivity index (χ1) is 13.4. The number of ether oxygens (including phenoxy) is 1. The first-order valence-electron chi connectivity index (χ1n) is 9.48. The van der Waals surface area contributed by atoms with Crippen LogP contribution in [-0.4, -0.2) is 18.9 Å². The summed E-state index contributed by atoms with van der Waals surface area (Å²) in [5, 5.41) is 6.41. The lowest BCUT2D eigenvalue weighted by Gasteiger charge is -2.36. The zero-order chi connectivity index (χ0) is 20.1. The first-order valence-corrected chi connectivity index (χ1v) is 9.85. The Balaban J connectivity index is 1.95. The predicted octanol–water partition coefficient (Wildman–Crippen LogP) is 5.15. The van der Waals surface area contributed by atoms with E-state index in [4.69, 9.17) is 16.3 Å².